The van der Waals surface area contributed by atoms with Crippen LogP contribution in [0.15, 0.2) is 65.7 Å². The molecule has 188 valence electrons. The Hall–Kier alpha value is -4.31. The molecule has 6 rings (SSSR count). The molecule has 1 unspecified atom stereocenters. The zero-order valence-corrected chi connectivity index (χ0v) is 20.6. The summed E-state index contributed by atoms with van der Waals surface area (Å²) in [4.78, 5) is 37.9. The van der Waals surface area contributed by atoms with E-state index in [-0.39, 0.29) is 11.6 Å². The number of fused-ring (bicyclic) bond motifs is 1. The van der Waals surface area contributed by atoms with Crippen molar-refractivity contribution in [3.8, 4) is 11.4 Å². The maximum atomic E-state index is 11.6. The topological polar surface area (TPSA) is 112 Å². The molecule has 4 aromatic rings. The van der Waals surface area contributed by atoms with Crippen LogP contribution < -0.4 is 20.7 Å². The monoisotopic (exact) mass is 496 g/mol. The summed E-state index contributed by atoms with van der Waals surface area (Å²) in [5.41, 5.74) is 3.82. The Bertz CT molecular complexity index is 1440. The summed E-state index contributed by atoms with van der Waals surface area (Å²) in [6.45, 7) is 5.78. The molecule has 0 spiro atoms. The highest BCUT2D eigenvalue weighted by Gasteiger charge is 2.29. The van der Waals surface area contributed by atoms with E-state index < -0.39 is 0 Å². The van der Waals surface area contributed by atoms with Crippen LogP contribution in [0.1, 0.15) is 18.2 Å². The van der Waals surface area contributed by atoms with Gasteiger partial charge in [0.25, 0.3) is 0 Å². The molecule has 10 heteroatoms. The molecule has 1 fully saturated rings. The second-order valence-electron chi connectivity index (χ2n) is 9.26. The first kappa shape index (κ1) is 23.1. The molecule has 1 atom stereocenters. The van der Waals surface area contributed by atoms with E-state index in [0.29, 0.717) is 37.3 Å². The lowest BCUT2D eigenvalue weighted by atomic mass is 10.0. The van der Waals surface area contributed by atoms with E-state index in [2.05, 4.69) is 37.0 Å². The van der Waals surface area contributed by atoms with Crippen molar-refractivity contribution in [3.63, 3.8) is 0 Å². The van der Waals surface area contributed by atoms with E-state index in [1.807, 2.05) is 36.4 Å². The fourth-order valence-corrected chi connectivity index (χ4v) is 4.82. The Kier molecular flexibility index (Phi) is 6.23. The Balaban J connectivity index is 1.35. The molecule has 2 aliphatic heterocycles. The van der Waals surface area contributed by atoms with Gasteiger partial charge >= 0.3 is 0 Å². The number of nitrogens with zero attached hydrogens (tertiary/aromatic N) is 6. The van der Waals surface area contributed by atoms with Crippen LogP contribution in [0.5, 0.6) is 0 Å². The minimum Gasteiger partial charge on any atom is -0.377 e. The van der Waals surface area contributed by atoms with Gasteiger partial charge in [-0.05, 0) is 49.7 Å². The number of H-pyrrole nitrogens is 1. The summed E-state index contributed by atoms with van der Waals surface area (Å²) < 4.78 is 5.70. The number of hydrogen-bond donors (Lipinski definition) is 2. The summed E-state index contributed by atoms with van der Waals surface area (Å²) >= 11 is 0. The lowest BCUT2D eigenvalue weighted by molar-refractivity contribution is 0.0984. The highest BCUT2D eigenvalue weighted by molar-refractivity contribution is 5.66. The summed E-state index contributed by atoms with van der Waals surface area (Å²) in [7, 11) is 0. The first-order valence-corrected chi connectivity index (χ1v) is 12.5. The van der Waals surface area contributed by atoms with Crippen LogP contribution >= 0.6 is 0 Å². The van der Waals surface area contributed by atoms with E-state index in [0.717, 1.165) is 42.3 Å². The summed E-state index contributed by atoms with van der Waals surface area (Å²) in [5.74, 6) is 3.03. The molecule has 1 saturated heterocycles. The van der Waals surface area contributed by atoms with Gasteiger partial charge in [-0.15, -0.1) is 0 Å². The van der Waals surface area contributed by atoms with Crippen molar-refractivity contribution in [3.05, 3.63) is 82.5 Å². The third-order valence-electron chi connectivity index (χ3n) is 6.71. The van der Waals surface area contributed by atoms with Gasteiger partial charge in [0, 0.05) is 48.4 Å². The van der Waals surface area contributed by atoms with Crippen LogP contribution in [0, 0.1) is 0 Å². The number of nitrogens with one attached hydrogen (secondary N) is 2. The number of hydrogen-bond acceptors (Lipinski definition) is 9. The van der Waals surface area contributed by atoms with Crippen molar-refractivity contribution in [1.29, 1.82) is 0 Å². The predicted molar refractivity (Wildman–Crippen MR) is 142 cm³/mol. The Morgan fingerprint density at radius 3 is 2.65 bits per heavy atom. The first-order chi connectivity index (χ1) is 18.1. The Labute approximate surface area is 214 Å². The van der Waals surface area contributed by atoms with Gasteiger partial charge in [-0.3, -0.25) is 4.79 Å². The van der Waals surface area contributed by atoms with Crippen molar-refractivity contribution in [2.24, 2.45) is 0 Å². The standard InChI is InChI=1S/C27H28N8O2/c1-18-17-37-15-14-35(18)26-21-10-13-34(27-28-11-3-12-29-27)16-22(21)31-25(33-26)19-6-8-20(9-7-19)30-23-4-2-5-24(36)32-23/h2-9,11-12,18H,10,13-17H2,1H3,(H2,30,32,36). The van der Waals surface area contributed by atoms with Gasteiger partial charge in [0.05, 0.1) is 31.5 Å². The van der Waals surface area contributed by atoms with Crippen LogP contribution in [0.3, 0.4) is 0 Å². The number of anilines is 4. The van der Waals surface area contributed by atoms with Gasteiger partial charge < -0.3 is 24.8 Å². The zero-order valence-electron chi connectivity index (χ0n) is 20.6. The summed E-state index contributed by atoms with van der Waals surface area (Å²) in [6.07, 6.45) is 4.36. The minimum atomic E-state index is -0.149. The summed E-state index contributed by atoms with van der Waals surface area (Å²) in [5, 5.41) is 3.23. The third-order valence-corrected chi connectivity index (χ3v) is 6.71. The second-order valence-corrected chi connectivity index (χ2v) is 9.26. The third kappa shape index (κ3) is 4.88. The molecular formula is C27H28N8O2. The van der Waals surface area contributed by atoms with E-state index in [4.69, 9.17) is 14.7 Å². The predicted octanol–water partition coefficient (Wildman–Crippen LogP) is 3.15. The van der Waals surface area contributed by atoms with Crippen LogP contribution in [0.4, 0.5) is 23.3 Å². The quantitative estimate of drug-likeness (QED) is 0.430. The number of aromatic nitrogens is 5. The summed E-state index contributed by atoms with van der Waals surface area (Å²) in [6, 6.07) is 15.0. The SMILES string of the molecule is CC1COCCN1c1nc(-c2ccc(Nc3cccc(=O)[nH]3)cc2)nc2c1CCN(c1ncccn1)C2. The maximum Gasteiger partial charge on any atom is 0.249 e. The normalized spacial score (nSPS) is 17.4. The number of benzene rings is 1. The number of aromatic amines is 1. The lowest BCUT2D eigenvalue weighted by Crippen LogP contribution is -2.45. The molecule has 1 aromatic carbocycles. The van der Waals surface area contributed by atoms with E-state index in [1.165, 1.54) is 11.6 Å². The smallest absolute Gasteiger partial charge is 0.249 e. The largest absolute Gasteiger partial charge is 0.377 e. The van der Waals surface area contributed by atoms with Gasteiger partial charge in [0.1, 0.15) is 11.6 Å². The lowest BCUT2D eigenvalue weighted by Gasteiger charge is -2.37. The average Bonchev–Trinajstić information content (AvgIpc) is 2.93. The van der Waals surface area contributed by atoms with Crippen LogP contribution in [-0.2, 0) is 17.7 Å². The van der Waals surface area contributed by atoms with E-state index >= 15 is 0 Å². The molecule has 5 heterocycles. The molecule has 37 heavy (non-hydrogen) atoms. The highest BCUT2D eigenvalue weighted by Crippen LogP contribution is 2.32. The van der Waals surface area contributed by atoms with Crippen LogP contribution in [0.25, 0.3) is 11.4 Å². The van der Waals surface area contributed by atoms with Gasteiger partial charge in [-0.2, -0.15) is 0 Å². The molecule has 0 saturated carbocycles. The van der Waals surface area contributed by atoms with Crippen LogP contribution in [-0.4, -0.2) is 57.3 Å². The molecule has 2 aliphatic rings. The fraction of sp³-hybridized carbons (Fsp3) is 0.296. The average molecular weight is 497 g/mol. The Morgan fingerprint density at radius 1 is 1.03 bits per heavy atom. The molecule has 0 bridgehead atoms. The molecule has 0 radical (unpaired) electrons. The van der Waals surface area contributed by atoms with Crippen molar-refractivity contribution >= 4 is 23.3 Å². The highest BCUT2D eigenvalue weighted by atomic mass is 16.5. The molecule has 10 nitrogen and oxygen atoms in total. The minimum absolute atomic E-state index is 0.149. The van der Waals surface area contributed by atoms with Gasteiger partial charge in [0.15, 0.2) is 5.82 Å². The molecule has 3 aromatic heterocycles. The van der Waals surface area contributed by atoms with Gasteiger partial charge in [-0.1, -0.05) is 6.07 Å². The van der Waals surface area contributed by atoms with Gasteiger partial charge in [-0.25, -0.2) is 19.9 Å². The van der Waals surface area contributed by atoms with Crippen molar-refractivity contribution in [2.75, 3.05) is 41.4 Å². The number of ether oxygens (including phenoxy) is 1. The zero-order chi connectivity index (χ0) is 25.2. The first-order valence-electron chi connectivity index (χ1n) is 12.5. The van der Waals surface area contributed by atoms with Crippen molar-refractivity contribution in [2.45, 2.75) is 25.9 Å². The number of rotatable bonds is 5. The Morgan fingerprint density at radius 2 is 1.86 bits per heavy atom. The van der Waals surface area contributed by atoms with Crippen LogP contribution in [0.2, 0.25) is 0 Å². The van der Waals surface area contributed by atoms with E-state index in [9.17, 15) is 4.79 Å². The van der Waals surface area contributed by atoms with E-state index in [1.54, 1.807) is 18.5 Å². The molecule has 0 amide bonds. The van der Waals surface area contributed by atoms with Crippen molar-refractivity contribution in [1.82, 2.24) is 24.9 Å². The maximum absolute atomic E-state index is 11.6. The molecular weight excluding hydrogens is 468 g/mol. The fourth-order valence-electron chi connectivity index (χ4n) is 4.82. The van der Waals surface area contributed by atoms with Gasteiger partial charge in [0.2, 0.25) is 11.5 Å². The molecule has 2 N–H and O–H groups in total. The number of morpholine rings is 1. The molecule has 0 aliphatic carbocycles. The second kappa shape index (κ2) is 9.98. The van der Waals surface area contributed by atoms with Crippen molar-refractivity contribution < 1.29 is 4.74 Å². The number of pyridine rings is 1.